The number of hydrogen-bond acceptors (Lipinski definition) is 3. The van der Waals surface area contributed by atoms with E-state index in [0.29, 0.717) is 0 Å². The normalized spacial score (nSPS) is 15.0. The minimum Gasteiger partial charge on any atom is -0.394 e. The number of pyridine rings is 1. The lowest BCUT2D eigenvalue weighted by Gasteiger charge is -2.27. The molecule has 17 heavy (non-hydrogen) atoms. The first-order valence-corrected chi connectivity index (χ1v) is 5.95. The largest absolute Gasteiger partial charge is 0.394 e. The van der Waals surface area contributed by atoms with E-state index < -0.39 is 0 Å². The Morgan fingerprint density at radius 1 is 1.53 bits per heavy atom. The summed E-state index contributed by atoms with van der Waals surface area (Å²) in [6.45, 7) is 4.97. The zero-order chi connectivity index (χ0) is 12.3. The number of nitrogens with one attached hydrogen (secondary N) is 2. The molecule has 0 aromatic carbocycles. The van der Waals surface area contributed by atoms with Gasteiger partial charge in [-0.15, -0.1) is 0 Å². The molecule has 0 aliphatic rings. The van der Waals surface area contributed by atoms with Crippen molar-refractivity contribution in [2.24, 2.45) is 0 Å². The van der Waals surface area contributed by atoms with E-state index in [2.05, 4.69) is 28.3 Å². The Morgan fingerprint density at radius 2 is 2.35 bits per heavy atom. The first kappa shape index (κ1) is 12.1. The number of aliphatic hydroxyl groups excluding tert-OH is 1. The molecule has 1 unspecified atom stereocenters. The second-order valence-corrected chi connectivity index (χ2v) is 4.64. The highest BCUT2D eigenvalue weighted by Crippen LogP contribution is 2.17. The van der Waals surface area contributed by atoms with Gasteiger partial charge in [-0.05, 0) is 31.0 Å². The van der Waals surface area contributed by atoms with Crippen LogP contribution in [0, 0.1) is 0 Å². The summed E-state index contributed by atoms with van der Waals surface area (Å²) in [7, 11) is 0. The van der Waals surface area contributed by atoms with Gasteiger partial charge in [-0.3, -0.25) is 0 Å². The zero-order valence-corrected chi connectivity index (χ0v) is 10.3. The smallest absolute Gasteiger partial charge is 0.137 e. The van der Waals surface area contributed by atoms with E-state index in [1.165, 1.54) is 5.56 Å². The topological polar surface area (TPSA) is 60.9 Å². The molecule has 2 aromatic heterocycles. The van der Waals surface area contributed by atoms with E-state index in [1.54, 1.807) is 6.20 Å². The van der Waals surface area contributed by atoms with Crippen LogP contribution >= 0.6 is 0 Å². The van der Waals surface area contributed by atoms with Crippen LogP contribution in [0.5, 0.6) is 0 Å². The van der Waals surface area contributed by atoms with Gasteiger partial charge in [0.1, 0.15) is 5.65 Å². The van der Waals surface area contributed by atoms with Gasteiger partial charge in [0.25, 0.3) is 0 Å². The summed E-state index contributed by atoms with van der Waals surface area (Å²) in [5.74, 6) is 0. The van der Waals surface area contributed by atoms with Crippen LogP contribution in [-0.2, 0) is 6.54 Å². The van der Waals surface area contributed by atoms with E-state index >= 15 is 0 Å². The molecule has 1 atom stereocenters. The molecule has 3 N–H and O–H groups in total. The van der Waals surface area contributed by atoms with Crippen LogP contribution < -0.4 is 5.32 Å². The summed E-state index contributed by atoms with van der Waals surface area (Å²) in [6.07, 6.45) is 4.64. The number of hydrogen-bond donors (Lipinski definition) is 3. The molecule has 0 bridgehead atoms. The van der Waals surface area contributed by atoms with Gasteiger partial charge >= 0.3 is 0 Å². The number of aliphatic hydroxyl groups is 1. The molecule has 0 amide bonds. The van der Waals surface area contributed by atoms with Crippen molar-refractivity contribution in [1.29, 1.82) is 0 Å². The maximum atomic E-state index is 9.34. The third kappa shape index (κ3) is 2.48. The first-order valence-electron chi connectivity index (χ1n) is 5.95. The summed E-state index contributed by atoms with van der Waals surface area (Å²) < 4.78 is 0. The Kier molecular flexibility index (Phi) is 3.45. The quantitative estimate of drug-likeness (QED) is 0.738. The molecule has 2 aromatic rings. The van der Waals surface area contributed by atoms with Crippen LogP contribution in [0.25, 0.3) is 11.0 Å². The Labute approximate surface area is 101 Å². The molecular weight excluding hydrogens is 214 g/mol. The fraction of sp³-hybridized carbons (Fsp3) is 0.462. The van der Waals surface area contributed by atoms with Crippen LogP contribution in [0.15, 0.2) is 24.5 Å². The molecule has 2 heterocycles. The van der Waals surface area contributed by atoms with Crippen molar-refractivity contribution in [1.82, 2.24) is 15.3 Å². The lowest BCUT2D eigenvalue weighted by Crippen LogP contribution is -2.44. The molecule has 0 aliphatic carbocycles. The zero-order valence-electron chi connectivity index (χ0n) is 10.3. The van der Waals surface area contributed by atoms with Crippen molar-refractivity contribution < 1.29 is 5.11 Å². The fourth-order valence-corrected chi connectivity index (χ4v) is 1.76. The van der Waals surface area contributed by atoms with Gasteiger partial charge in [0.05, 0.1) is 6.61 Å². The third-order valence-corrected chi connectivity index (χ3v) is 3.37. The summed E-state index contributed by atoms with van der Waals surface area (Å²) in [5, 5.41) is 13.9. The Bertz CT molecular complexity index is 488. The number of fused-ring (bicyclic) bond motifs is 1. The van der Waals surface area contributed by atoms with E-state index in [4.69, 9.17) is 0 Å². The SMILES string of the molecule is CCC(C)(CO)NCc1c[nH]c2ncccc12. The van der Waals surface area contributed by atoms with E-state index in [-0.39, 0.29) is 12.1 Å². The summed E-state index contributed by atoms with van der Waals surface area (Å²) >= 11 is 0. The maximum Gasteiger partial charge on any atom is 0.137 e. The van der Waals surface area contributed by atoms with E-state index in [1.807, 2.05) is 19.2 Å². The second kappa shape index (κ2) is 4.85. The van der Waals surface area contributed by atoms with Crippen molar-refractivity contribution in [2.75, 3.05) is 6.61 Å². The monoisotopic (exact) mass is 233 g/mol. The number of aromatic nitrogens is 2. The summed E-state index contributed by atoms with van der Waals surface area (Å²) in [5.41, 5.74) is 1.87. The van der Waals surface area contributed by atoms with Gasteiger partial charge in [0, 0.05) is 29.9 Å². The molecule has 0 saturated heterocycles. The van der Waals surface area contributed by atoms with Gasteiger partial charge in [-0.2, -0.15) is 0 Å². The number of aromatic amines is 1. The fourth-order valence-electron chi connectivity index (χ4n) is 1.76. The average molecular weight is 233 g/mol. The van der Waals surface area contributed by atoms with Crippen molar-refractivity contribution >= 4 is 11.0 Å². The number of H-pyrrole nitrogens is 1. The molecule has 4 nitrogen and oxygen atoms in total. The highest BCUT2D eigenvalue weighted by molar-refractivity contribution is 5.79. The van der Waals surface area contributed by atoms with Gasteiger partial charge in [-0.25, -0.2) is 4.98 Å². The van der Waals surface area contributed by atoms with Gasteiger partial charge in [-0.1, -0.05) is 6.92 Å². The van der Waals surface area contributed by atoms with Crippen molar-refractivity contribution in [2.45, 2.75) is 32.4 Å². The molecular formula is C13H19N3O. The highest BCUT2D eigenvalue weighted by Gasteiger charge is 2.20. The molecule has 92 valence electrons. The van der Waals surface area contributed by atoms with Crippen molar-refractivity contribution in [3.63, 3.8) is 0 Å². The summed E-state index contributed by atoms with van der Waals surface area (Å²) in [6, 6.07) is 3.99. The third-order valence-electron chi connectivity index (χ3n) is 3.37. The molecule has 0 spiro atoms. The molecule has 2 rings (SSSR count). The van der Waals surface area contributed by atoms with Crippen molar-refractivity contribution in [3.05, 3.63) is 30.1 Å². The second-order valence-electron chi connectivity index (χ2n) is 4.64. The van der Waals surface area contributed by atoms with Crippen LogP contribution in [0.3, 0.4) is 0 Å². The molecule has 4 heteroatoms. The molecule has 0 saturated carbocycles. The molecule has 0 aliphatic heterocycles. The standard InChI is InChI=1S/C13H19N3O/c1-3-13(2,9-17)16-8-10-7-15-12-11(10)5-4-6-14-12/h4-7,16-17H,3,8-9H2,1-2H3,(H,14,15). The number of rotatable bonds is 5. The summed E-state index contributed by atoms with van der Waals surface area (Å²) in [4.78, 5) is 7.40. The van der Waals surface area contributed by atoms with Crippen molar-refractivity contribution in [3.8, 4) is 0 Å². The molecule has 0 fully saturated rings. The predicted octanol–water partition coefficient (Wildman–Crippen LogP) is 1.81. The Hall–Kier alpha value is -1.39. The lowest BCUT2D eigenvalue weighted by atomic mass is 10.00. The Balaban J connectivity index is 2.14. The van der Waals surface area contributed by atoms with Gasteiger partial charge < -0.3 is 15.4 Å². The highest BCUT2D eigenvalue weighted by atomic mass is 16.3. The Morgan fingerprint density at radius 3 is 3.06 bits per heavy atom. The van der Waals surface area contributed by atoms with E-state index in [9.17, 15) is 5.11 Å². The first-order chi connectivity index (χ1) is 8.18. The predicted molar refractivity (Wildman–Crippen MR) is 68.7 cm³/mol. The van der Waals surface area contributed by atoms with Crippen LogP contribution in [0.1, 0.15) is 25.8 Å². The maximum absolute atomic E-state index is 9.34. The lowest BCUT2D eigenvalue weighted by molar-refractivity contribution is 0.169. The molecule has 0 radical (unpaired) electrons. The minimum atomic E-state index is -0.216. The van der Waals surface area contributed by atoms with Crippen LogP contribution in [0.2, 0.25) is 0 Å². The average Bonchev–Trinajstić information content (AvgIpc) is 2.79. The number of nitrogens with zero attached hydrogens (tertiary/aromatic N) is 1. The minimum absolute atomic E-state index is 0.143. The van der Waals surface area contributed by atoms with E-state index in [0.717, 1.165) is 24.0 Å². The van der Waals surface area contributed by atoms with Crippen LogP contribution in [0.4, 0.5) is 0 Å². The van der Waals surface area contributed by atoms with Crippen LogP contribution in [-0.4, -0.2) is 27.2 Å². The van der Waals surface area contributed by atoms with Gasteiger partial charge in [0.2, 0.25) is 0 Å². The van der Waals surface area contributed by atoms with Gasteiger partial charge in [0.15, 0.2) is 0 Å².